The summed E-state index contributed by atoms with van der Waals surface area (Å²) in [5, 5.41) is 0. The average molecular weight is 222 g/mol. The molecule has 0 atom stereocenters. The van der Waals surface area contributed by atoms with Gasteiger partial charge in [0.05, 0.1) is 6.54 Å². The van der Waals surface area contributed by atoms with Crippen LogP contribution in [0.1, 0.15) is 22.7 Å². The van der Waals surface area contributed by atoms with Gasteiger partial charge in [-0.25, -0.2) is 4.98 Å². The summed E-state index contributed by atoms with van der Waals surface area (Å²) in [5.41, 5.74) is 0.551. The maximum Gasteiger partial charge on any atom is 0.273 e. The van der Waals surface area contributed by atoms with Crippen molar-refractivity contribution in [2.75, 3.05) is 27.7 Å². The van der Waals surface area contributed by atoms with Crippen molar-refractivity contribution in [3.05, 3.63) is 17.7 Å². The van der Waals surface area contributed by atoms with E-state index in [9.17, 15) is 4.79 Å². The van der Waals surface area contributed by atoms with Gasteiger partial charge in [0.25, 0.3) is 5.91 Å². The van der Waals surface area contributed by atoms with Crippen LogP contribution in [0.5, 0.6) is 0 Å². The Balaban J connectivity index is 2.26. The van der Waals surface area contributed by atoms with E-state index >= 15 is 0 Å². The lowest BCUT2D eigenvalue weighted by Gasteiger charge is -2.10. The summed E-state index contributed by atoms with van der Waals surface area (Å²) in [5.74, 6) is 0.966. The van der Waals surface area contributed by atoms with Gasteiger partial charge in [0.1, 0.15) is 11.5 Å². The predicted molar refractivity (Wildman–Crippen MR) is 61.2 cm³/mol. The Morgan fingerprint density at radius 3 is 2.88 bits per heavy atom. The van der Waals surface area contributed by atoms with Crippen LogP contribution < -0.4 is 0 Å². The van der Waals surface area contributed by atoms with Crippen molar-refractivity contribution in [2.24, 2.45) is 0 Å². The number of imidazole rings is 1. The second-order valence-electron chi connectivity index (χ2n) is 4.53. The highest BCUT2D eigenvalue weighted by atomic mass is 16.2. The molecule has 5 nitrogen and oxygen atoms in total. The summed E-state index contributed by atoms with van der Waals surface area (Å²) in [7, 11) is 5.58. The number of carbonyl (C=O) groups is 1. The highest BCUT2D eigenvalue weighted by Gasteiger charge is 2.18. The predicted octanol–water partition coefficient (Wildman–Crippen LogP) is 0.420. The van der Waals surface area contributed by atoms with Crippen LogP contribution in [0, 0.1) is 0 Å². The zero-order valence-electron chi connectivity index (χ0n) is 10.1. The van der Waals surface area contributed by atoms with Gasteiger partial charge >= 0.3 is 0 Å². The van der Waals surface area contributed by atoms with Crippen LogP contribution in [0.3, 0.4) is 0 Å². The molecular weight excluding hydrogens is 204 g/mol. The Morgan fingerprint density at radius 2 is 2.19 bits per heavy atom. The van der Waals surface area contributed by atoms with Gasteiger partial charge in [0.2, 0.25) is 0 Å². The van der Waals surface area contributed by atoms with Crippen molar-refractivity contribution in [3.8, 4) is 0 Å². The number of carbonyl (C=O) groups excluding carboxylic acids is 1. The van der Waals surface area contributed by atoms with E-state index in [2.05, 4.69) is 21.5 Å². The van der Waals surface area contributed by atoms with Gasteiger partial charge in [0, 0.05) is 33.4 Å². The summed E-state index contributed by atoms with van der Waals surface area (Å²) >= 11 is 0. The lowest BCUT2D eigenvalue weighted by Crippen LogP contribution is -2.22. The van der Waals surface area contributed by atoms with Gasteiger partial charge in [-0.05, 0) is 13.5 Å². The molecule has 1 aliphatic heterocycles. The first-order valence-electron chi connectivity index (χ1n) is 5.54. The number of nitrogens with zero attached hydrogens (tertiary/aromatic N) is 4. The molecule has 0 saturated heterocycles. The Morgan fingerprint density at radius 1 is 1.44 bits per heavy atom. The van der Waals surface area contributed by atoms with Gasteiger partial charge in [-0.2, -0.15) is 0 Å². The van der Waals surface area contributed by atoms with Crippen LogP contribution >= 0.6 is 0 Å². The number of hydrogen-bond donors (Lipinski definition) is 0. The van der Waals surface area contributed by atoms with Gasteiger partial charge in [0.15, 0.2) is 0 Å². The SMILES string of the molecule is CN1CCCn2cc(C(=O)N(C)C)nc2C1. The lowest BCUT2D eigenvalue weighted by atomic mass is 10.4. The van der Waals surface area contributed by atoms with E-state index in [0.717, 1.165) is 31.9 Å². The first kappa shape index (κ1) is 11.1. The van der Waals surface area contributed by atoms with E-state index < -0.39 is 0 Å². The monoisotopic (exact) mass is 222 g/mol. The van der Waals surface area contributed by atoms with Gasteiger partial charge in [-0.3, -0.25) is 9.69 Å². The minimum absolute atomic E-state index is 0.0248. The van der Waals surface area contributed by atoms with Crippen molar-refractivity contribution in [2.45, 2.75) is 19.5 Å². The summed E-state index contributed by atoms with van der Waals surface area (Å²) < 4.78 is 2.10. The van der Waals surface area contributed by atoms with Gasteiger partial charge in [-0.15, -0.1) is 0 Å². The summed E-state index contributed by atoms with van der Waals surface area (Å²) in [6.07, 6.45) is 2.98. The van der Waals surface area contributed by atoms with E-state index in [1.54, 1.807) is 19.0 Å². The number of aromatic nitrogens is 2. The van der Waals surface area contributed by atoms with E-state index in [-0.39, 0.29) is 5.91 Å². The number of amides is 1. The zero-order valence-corrected chi connectivity index (χ0v) is 10.1. The van der Waals surface area contributed by atoms with Crippen LogP contribution in [-0.2, 0) is 13.1 Å². The third-order valence-electron chi connectivity index (χ3n) is 2.83. The highest BCUT2D eigenvalue weighted by molar-refractivity contribution is 5.91. The largest absolute Gasteiger partial charge is 0.343 e. The summed E-state index contributed by atoms with van der Waals surface area (Å²) in [6, 6.07) is 0. The van der Waals surface area contributed by atoms with Crippen LogP contribution in [0.4, 0.5) is 0 Å². The minimum atomic E-state index is -0.0248. The normalized spacial score (nSPS) is 16.7. The number of hydrogen-bond acceptors (Lipinski definition) is 3. The molecule has 1 amide bonds. The van der Waals surface area contributed by atoms with Crippen LogP contribution in [0.15, 0.2) is 6.20 Å². The highest BCUT2D eigenvalue weighted by Crippen LogP contribution is 2.12. The second kappa shape index (κ2) is 4.25. The molecule has 2 heterocycles. The molecule has 0 spiro atoms. The molecular formula is C11H18N4O. The quantitative estimate of drug-likeness (QED) is 0.691. The van der Waals surface area contributed by atoms with Crippen molar-refractivity contribution >= 4 is 5.91 Å². The van der Waals surface area contributed by atoms with Crippen molar-refractivity contribution in [1.82, 2.24) is 19.4 Å². The molecule has 0 aromatic carbocycles. The molecule has 1 aliphatic rings. The standard InChI is InChI=1S/C11H18N4O/c1-13(2)11(16)9-7-15-6-4-5-14(3)8-10(15)12-9/h7H,4-6,8H2,1-3H3. The molecule has 16 heavy (non-hydrogen) atoms. The van der Waals surface area contributed by atoms with Crippen molar-refractivity contribution in [1.29, 1.82) is 0 Å². The molecule has 0 radical (unpaired) electrons. The third kappa shape index (κ3) is 2.09. The molecule has 0 fully saturated rings. The molecule has 1 aromatic heterocycles. The molecule has 2 rings (SSSR count). The maximum absolute atomic E-state index is 11.8. The van der Waals surface area contributed by atoms with Crippen LogP contribution in [0.2, 0.25) is 0 Å². The fourth-order valence-corrected chi connectivity index (χ4v) is 1.94. The zero-order chi connectivity index (χ0) is 11.7. The number of fused-ring (bicyclic) bond motifs is 1. The Bertz CT molecular complexity index is 397. The molecule has 0 saturated carbocycles. The smallest absolute Gasteiger partial charge is 0.273 e. The van der Waals surface area contributed by atoms with E-state index in [1.165, 1.54) is 0 Å². The molecule has 0 aliphatic carbocycles. The van der Waals surface area contributed by atoms with E-state index in [1.807, 2.05) is 6.20 Å². The third-order valence-corrected chi connectivity index (χ3v) is 2.83. The van der Waals surface area contributed by atoms with Crippen molar-refractivity contribution in [3.63, 3.8) is 0 Å². The second-order valence-corrected chi connectivity index (χ2v) is 4.53. The minimum Gasteiger partial charge on any atom is -0.343 e. The number of rotatable bonds is 1. The average Bonchev–Trinajstić information content (AvgIpc) is 2.52. The fourth-order valence-electron chi connectivity index (χ4n) is 1.94. The molecule has 5 heteroatoms. The summed E-state index contributed by atoms with van der Waals surface area (Å²) in [6.45, 7) is 2.86. The molecule has 88 valence electrons. The Labute approximate surface area is 95.7 Å². The molecule has 0 N–H and O–H groups in total. The van der Waals surface area contributed by atoms with Gasteiger partial charge in [-0.1, -0.05) is 0 Å². The van der Waals surface area contributed by atoms with Crippen LogP contribution in [0.25, 0.3) is 0 Å². The first-order valence-corrected chi connectivity index (χ1v) is 5.54. The van der Waals surface area contributed by atoms with E-state index in [0.29, 0.717) is 5.69 Å². The Kier molecular flexibility index (Phi) is 2.96. The fraction of sp³-hybridized carbons (Fsp3) is 0.636. The van der Waals surface area contributed by atoms with Crippen LogP contribution in [-0.4, -0.2) is 52.9 Å². The molecule has 0 bridgehead atoms. The molecule has 0 unspecified atom stereocenters. The Hall–Kier alpha value is -1.36. The first-order chi connectivity index (χ1) is 7.58. The summed E-state index contributed by atoms with van der Waals surface area (Å²) in [4.78, 5) is 20.0. The van der Waals surface area contributed by atoms with Crippen molar-refractivity contribution < 1.29 is 4.79 Å². The van der Waals surface area contributed by atoms with Gasteiger partial charge < -0.3 is 9.47 Å². The molecule has 1 aromatic rings. The van der Waals surface area contributed by atoms with E-state index in [4.69, 9.17) is 0 Å². The number of aryl methyl sites for hydroxylation is 1. The topological polar surface area (TPSA) is 41.4 Å². The lowest BCUT2D eigenvalue weighted by molar-refractivity contribution is 0.0822. The maximum atomic E-state index is 11.8.